The molecule has 2 rings (SSSR count). The van der Waals surface area contributed by atoms with Crippen molar-refractivity contribution < 1.29 is 0 Å². The zero-order chi connectivity index (χ0) is 9.26. The number of hydrogen-bond acceptors (Lipinski definition) is 3. The Labute approximate surface area is 76.2 Å². The van der Waals surface area contributed by atoms with Crippen LogP contribution in [0.15, 0.2) is 24.5 Å². The van der Waals surface area contributed by atoms with Crippen molar-refractivity contribution in [2.45, 2.75) is 6.92 Å². The van der Waals surface area contributed by atoms with Gasteiger partial charge in [-0.1, -0.05) is 5.21 Å². The summed E-state index contributed by atoms with van der Waals surface area (Å²) < 4.78 is 1.68. The Bertz CT molecular complexity index is 402. The number of aryl methyl sites for hydroxylation is 2. The van der Waals surface area contributed by atoms with Gasteiger partial charge in [0.15, 0.2) is 0 Å². The van der Waals surface area contributed by atoms with Crippen LogP contribution >= 0.6 is 0 Å². The fourth-order valence-electron chi connectivity index (χ4n) is 1.10. The van der Waals surface area contributed by atoms with Crippen LogP contribution in [-0.4, -0.2) is 20.0 Å². The minimum Gasteiger partial charge on any atom is -0.261 e. The zero-order valence-corrected chi connectivity index (χ0v) is 7.60. The summed E-state index contributed by atoms with van der Waals surface area (Å²) in [6.07, 6.45) is 3.67. The standard InChI is InChI=1S/C9H10N4/c1-7-3-4-8(5-10-7)9-6-13(2)12-11-9/h3-6H,1-2H3. The second kappa shape index (κ2) is 2.97. The minimum atomic E-state index is 0.856. The molecule has 0 aliphatic rings. The van der Waals surface area contributed by atoms with Crippen molar-refractivity contribution in [1.29, 1.82) is 0 Å². The third kappa shape index (κ3) is 1.56. The Kier molecular flexibility index (Phi) is 1.81. The molecular formula is C9H10N4. The molecule has 0 radical (unpaired) electrons. The average Bonchev–Trinajstić information content (AvgIpc) is 2.53. The predicted molar refractivity (Wildman–Crippen MR) is 49.0 cm³/mol. The quantitative estimate of drug-likeness (QED) is 0.652. The lowest BCUT2D eigenvalue weighted by molar-refractivity contribution is 0.715. The summed E-state index contributed by atoms with van der Waals surface area (Å²) in [5, 5.41) is 7.84. The van der Waals surface area contributed by atoms with Crippen LogP contribution < -0.4 is 0 Å². The predicted octanol–water partition coefficient (Wildman–Crippen LogP) is 1.19. The number of aromatic nitrogens is 4. The third-order valence-corrected chi connectivity index (χ3v) is 1.81. The fourth-order valence-corrected chi connectivity index (χ4v) is 1.10. The molecule has 0 aromatic carbocycles. The molecule has 13 heavy (non-hydrogen) atoms. The van der Waals surface area contributed by atoms with E-state index in [1.807, 2.05) is 32.3 Å². The van der Waals surface area contributed by atoms with Gasteiger partial charge in [0.1, 0.15) is 5.69 Å². The Morgan fingerprint density at radius 1 is 1.31 bits per heavy atom. The van der Waals surface area contributed by atoms with Gasteiger partial charge in [0.25, 0.3) is 0 Å². The molecule has 0 unspecified atom stereocenters. The number of nitrogens with zero attached hydrogens (tertiary/aromatic N) is 4. The van der Waals surface area contributed by atoms with E-state index in [1.165, 1.54) is 0 Å². The van der Waals surface area contributed by atoms with Gasteiger partial charge < -0.3 is 0 Å². The minimum absolute atomic E-state index is 0.856. The largest absolute Gasteiger partial charge is 0.261 e. The molecular weight excluding hydrogens is 164 g/mol. The highest BCUT2D eigenvalue weighted by atomic mass is 15.4. The highest BCUT2D eigenvalue weighted by Crippen LogP contribution is 2.13. The van der Waals surface area contributed by atoms with Crippen LogP contribution in [0.4, 0.5) is 0 Å². The van der Waals surface area contributed by atoms with Gasteiger partial charge in [-0.3, -0.25) is 9.67 Å². The molecule has 0 bridgehead atoms. The monoisotopic (exact) mass is 174 g/mol. The van der Waals surface area contributed by atoms with Crippen LogP contribution in [0.25, 0.3) is 11.3 Å². The molecule has 2 heterocycles. The molecule has 4 nitrogen and oxygen atoms in total. The number of pyridine rings is 1. The maximum Gasteiger partial charge on any atom is 0.114 e. The summed E-state index contributed by atoms with van der Waals surface area (Å²) in [4.78, 5) is 4.19. The van der Waals surface area contributed by atoms with E-state index in [9.17, 15) is 0 Å². The summed E-state index contributed by atoms with van der Waals surface area (Å²) in [7, 11) is 1.85. The topological polar surface area (TPSA) is 43.6 Å². The van der Waals surface area contributed by atoms with Crippen molar-refractivity contribution >= 4 is 0 Å². The first-order valence-corrected chi connectivity index (χ1v) is 4.05. The van der Waals surface area contributed by atoms with E-state index < -0.39 is 0 Å². The Hall–Kier alpha value is -1.71. The van der Waals surface area contributed by atoms with Crippen molar-refractivity contribution in [1.82, 2.24) is 20.0 Å². The van der Waals surface area contributed by atoms with Crippen molar-refractivity contribution in [2.75, 3.05) is 0 Å². The van der Waals surface area contributed by atoms with Gasteiger partial charge in [-0.2, -0.15) is 0 Å². The molecule has 0 saturated heterocycles. The molecule has 0 N–H and O–H groups in total. The summed E-state index contributed by atoms with van der Waals surface area (Å²) >= 11 is 0. The maximum absolute atomic E-state index is 4.19. The second-order valence-corrected chi connectivity index (χ2v) is 2.97. The molecule has 0 atom stereocenters. The first-order chi connectivity index (χ1) is 6.25. The first kappa shape index (κ1) is 7.91. The van der Waals surface area contributed by atoms with E-state index in [0.29, 0.717) is 0 Å². The van der Waals surface area contributed by atoms with E-state index in [4.69, 9.17) is 0 Å². The normalized spacial score (nSPS) is 10.3. The SMILES string of the molecule is Cc1ccc(-c2cn(C)nn2)cn1. The summed E-state index contributed by atoms with van der Waals surface area (Å²) in [6, 6.07) is 3.95. The van der Waals surface area contributed by atoms with Crippen LogP contribution in [-0.2, 0) is 7.05 Å². The summed E-state index contributed by atoms with van der Waals surface area (Å²) in [5.74, 6) is 0. The van der Waals surface area contributed by atoms with Gasteiger partial charge in [-0.15, -0.1) is 5.10 Å². The Morgan fingerprint density at radius 3 is 2.69 bits per heavy atom. The lowest BCUT2D eigenvalue weighted by atomic mass is 10.2. The first-order valence-electron chi connectivity index (χ1n) is 4.05. The molecule has 2 aromatic rings. The van der Waals surface area contributed by atoms with Gasteiger partial charge in [0.2, 0.25) is 0 Å². The van der Waals surface area contributed by atoms with Crippen LogP contribution in [0.5, 0.6) is 0 Å². The maximum atomic E-state index is 4.19. The van der Waals surface area contributed by atoms with Gasteiger partial charge in [-0.25, -0.2) is 0 Å². The molecule has 4 heteroatoms. The van der Waals surface area contributed by atoms with Crippen LogP contribution in [0, 0.1) is 6.92 Å². The second-order valence-electron chi connectivity index (χ2n) is 2.97. The lowest BCUT2D eigenvalue weighted by Gasteiger charge is -1.94. The smallest absolute Gasteiger partial charge is 0.114 e. The van der Waals surface area contributed by atoms with E-state index >= 15 is 0 Å². The Morgan fingerprint density at radius 2 is 2.15 bits per heavy atom. The van der Waals surface area contributed by atoms with E-state index in [0.717, 1.165) is 17.0 Å². The van der Waals surface area contributed by atoms with Gasteiger partial charge >= 0.3 is 0 Å². The van der Waals surface area contributed by atoms with Crippen molar-refractivity contribution in [3.63, 3.8) is 0 Å². The lowest BCUT2D eigenvalue weighted by Crippen LogP contribution is -1.85. The molecule has 0 spiro atoms. The van der Waals surface area contributed by atoms with Crippen LogP contribution in [0.1, 0.15) is 5.69 Å². The third-order valence-electron chi connectivity index (χ3n) is 1.81. The van der Waals surface area contributed by atoms with Gasteiger partial charge in [-0.05, 0) is 19.1 Å². The summed E-state index contributed by atoms with van der Waals surface area (Å²) in [5.41, 5.74) is 2.86. The highest BCUT2D eigenvalue weighted by Gasteiger charge is 2.01. The van der Waals surface area contributed by atoms with Crippen molar-refractivity contribution in [2.24, 2.45) is 7.05 Å². The highest BCUT2D eigenvalue weighted by molar-refractivity contribution is 5.56. The Balaban J connectivity index is 2.41. The van der Waals surface area contributed by atoms with Crippen molar-refractivity contribution in [3.8, 4) is 11.3 Å². The number of hydrogen-bond donors (Lipinski definition) is 0. The van der Waals surface area contributed by atoms with Gasteiger partial charge in [0.05, 0.1) is 6.20 Å². The van der Waals surface area contributed by atoms with E-state index in [-0.39, 0.29) is 0 Å². The molecule has 0 amide bonds. The van der Waals surface area contributed by atoms with Crippen LogP contribution in [0.2, 0.25) is 0 Å². The number of rotatable bonds is 1. The van der Waals surface area contributed by atoms with Crippen LogP contribution in [0.3, 0.4) is 0 Å². The zero-order valence-electron chi connectivity index (χ0n) is 7.60. The van der Waals surface area contributed by atoms with Crippen molar-refractivity contribution in [3.05, 3.63) is 30.2 Å². The summed E-state index contributed by atoms with van der Waals surface area (Å²) in [6.45, 7) is 1.96. The van der Waals surface area contributed by atoms with E-state index in [1.54, 1.807) is 10.9 Å². The van der Waals surface area contributed by atoms with Gasteiger partial charge in [0, 0.05) is 24.5 Å². The average molecular weight is 174 g/mol. The molecule has 0 aliphatic heterocycles. The molecule has 66 valence electrons. The molecule has 2 aromatic heterocycles. The molecule has 0 saturated carbocycles. The molecule has 0 fully saturated rings. The molecule has 0 aliphatic carbocycles. The fraction of sp³-hybridized carbons (Fsp3) is 0.222. The van der Waals surface area contributed by atoms with E-state index in [2.05, 4.69) is 15.3 Å².